The standard InChI is InChI=1S/C19H30N4O3S/c1-2-9-21(17-7-15-27(25,26)16-17)10-6-19(24)23-13-11-22(12-14-23)18-5-3-4-8-20-18/h3-5,8,17H,2,6-7,9-16H2,1H3. The van der Waals surface area contributed by atoms with E-state index in [0.717, 1.165) is 31.9 Å². The molecule has 1 atom stereocenters. The van der Waals surface area contributed by atoms with Crippen molar-refractivity contribution in [1.82, 2.24) is 14.8 Å². The van der Waals surface area contributed by atoms with Gasteiger partial charge in [0.15, 0.2) is 9.84 Å². The molecule has 2 fully saturated rings. The van der Waals surface area contributed by atoms with Gasteiger partial charge in [0.1, 0.15) is 5.82 Å². The maximum atomic E-state index is 12.6. The van der Waals surface area contributed by atoms with Gasteiger partial charge in [-0.25, -0.2) is 13.4 Å². The third kappa shape index (κ3) is 5.42. The SMILES string of the molecule is CCCN(CCC(=O)N1CCN(c2ccccn2)CC1)C1CCS(=O)(=O)C1. The molecule has 3 heterocycles. The predicted octanol–water partition coefficient (Wildman–Crippen LogP) is 1.02. The van der Waals surface area contributed by atoms with Gasteiger partial charge in [-0.15, -0.1) is 0 Å². The van der Waals surface area contributed by atoms with Crippen LogP contribution in [0.2, 0.25) is 0 Å². The van der Waals surface area contributed by atoms with E-state index in [0.29, 0.717) is 32.5 Å². The number of hydrogen-bond acceptors (Lipinski definition) is 6. The summed E-state index contributed by atoms with van der Waals surface area (Å²) in [6.45, 7) is 6.59. The van der Waals surface area contributed by atoms with Crippen molar-refractivity contribution in [2.45, 2.75) is 32.2 Å². The van der Waals surface area contributed by atoms with Gasteiger partial charge in [-0.2, -0.15) is 0 Å². The minimum atomic E-state index is -2.90. The van der Waals surface area contributed by atoms with E-state index < -0.39 is 9.84 Å². The first-order valence-corrected chi connectivity index (χ1v) is 11.7. The first-order chi connectivity index (χ1) is 13.0. The summed E-state index contributed by atoms with van der Waals surface area (Å²) in [7, 11) is -2.90. The van der Waals surface area contributed by atoms with Crippen LogP contribution in [0.5, 0.6) is 0 Å². The first-order valence-electron chi connectivity index (χ1n) is 9.87. The molecule has 0 spiro atoms. The minimum Gasteiger partial charge on any atom is -0.353 e. The molecule has 0 aromatic carbocycles. The molecule has 150 valence electrons. The fourth-order valence-corrected chi connectivity index (χ4v) is 5.71. The Morgan fingerprint density at radius 2 is 2.00 bits per heavy atom. The van der Waals surface area contributed by atoms with Crippen molar-refractivity contribution in [3.8, 4) is 0 Å². The second kappa shape index (κ2) is 9.01. The lowest BCUT2D eigenvalue weighted by atomic mass is 10.2. The van der Waals surface area contributed by atoms with E-state index in [4.69, 9.17) is 0 Å². The third-order valence-electron chi connectivity index (χ3n) is 5.45. The van der Waals surface area contributed by atoms with Gasteiger partial charge >= 0.3 is 0 Å². The summed E-state index contributed by atoms with van der Waals surface area (Å²) >= 11 is 0. The molecule has 0 radical (unpaired) electrons. The minimum absolute atomic E-state index is 0.0729. The Bertz CT molecular complexity index is 718. The van der Waals surface area contributed by atoms with Gasteiger partial charge in [0.2, 0.25) is 5.91 Å². The number of rotatable bonds is 7. The molecule has 2 saturated heterocycles. The van der Waals surface area contributed by atoms with E-state index in [2.05, 4.69) is 21.7 Å². The van der Waals surface area contributed by atoms with Crippen LogP contribution < -0.4 is 4.90 Å². The van der Waals surface area contributed by atoms with Crippen molar-refractivity contribution in [3.63, 3.8) is 0 Å². The molecule has 2 aliphatic heterocycles. The second-order valence-corrected chi connectivity index (χ2v) is 9.63. The monoisotopic (exact) mass is 394 g/mol. The van der Waals surface area contributed by atoms with Crippen molar-refractivity contribution in [3.05, 3.63) is 24.4 Å². The van der Waals surface area contributed by atoms with Crippen molar-refractivity contribution >= 4 is 21.6 Å². The van der Waals surface area contributed by atoms with Gasteiger partial charge in [0.25, 0.3) is 0 Å². The van der Waals surface area contributed by atoms with Crippen molar-refractivity contribution in [1.29, 1.82) is 0 Å². The van der Waals surface area contributed by atoms with Gasteiger partial charge in [0.05, 0.1) is 11.5 Å². The number of sulfone groups is 1. The largest absolute Gasteiger partial charge is 0.353 e. The maximum Gasteiger partial charge on any atom is 0.223 e. The molecule has 0 N–H and O–H groups in total. The average molecular weight is 395 g/mol. The summed E-state index contributed by atoms with van der Waals surface area (Å²) < 4.78 is 23.5. The molecule has 0 bridgehead atoms. The van der Waals surface area contributed by atoms with Crippen LogP contribution in [0.4, 0.5) is 5.82 Å². The van der Waals surface area contributed by atoms with E-state index in [-0.39, 0.29) is 23.5 Å². The number of carbonyl (C=O) groups excluding carboxylic acids is 1. The fourth-order valence-electron chi connectivity index (χ4n) is 3.95. The van der Waals surface area contributed by atoms with Crippen LogP contribution in [-0.2, 0) is 14.6 Å². The predicted molar refractivity (Wildman–Crippen MR) is 107 cm³/mol. The van der Waals surface area contributed by atoms with Gasteiger partial charge < -0.3 is 9.80 Å². The molecule has 0 saturated carbocycles. The Morgan fingerprint density at radius 1 is 1.22 bits per heavy atom. The molecule has 1 aromatic heterocycles. The summed E-state index contributed by atoms with van der Waals surface area (Å²) in [4.78, 5) is 23.3. The van der Waals surface area contributed by atoms with Gasteiger partial charge in [-0.1, -0.05) is 13.0 Å². The Kier molecular flexibility index (Phi) is 6.70. The van der Waals surface area contributed by atoms with Crippen molar-refractivity contribution in [2.75, 3.05) is 55.7 Å². The normalized spacial score (nSPS) is 22.4. The molecule has 1 aromatic rings. The summed E-state index contributed by atoms with van der Waals surface area (Å²) in [5.41, 5.74) is 0. The highest BCUT2D eigenvalue weighted by atomic mass is 32.2. The Balaban J connectivity index is 1.47. The quantitative estimate of drug-likeness (QED) is 0.687. The molecule has 2 aliphatic rings. The molecule has 27 heavy (non-hydrogen) atoms. The Hall–Kier alpha value is -1.67. The van der Waals surface area contributed by atoms with Gasteiger partial charge in [-0.05, 0) is 31.5 Å². The Labute approximate surface area is 162 Å². The van der Waals surface area contributed by atoms with E-state index in [1.807, 2.05) is 23.1 Å². The van der Waals surface area contributed by atoms with Gasteiger partial charge in [-0.3, -0.25) is 9.69 Å². The number of aromatic nitrogens is 1. The van der Waals surface area contributed by atoms with E-state index >= 15 is 0 Å². The molecule has 7 nitrogen and oxygen atoms in total. The lowest BCUT2D eigenvalue weighted by Gasteiger charge is -2.36. The number of carbonyl (C=O) groups is 1. The van der Waals surface area contributed by atoms with Gasteiger partial charge in [0, 0.05) is 51.4 Å². The van der Waals surface area contributed by atoms with Crippen molar-refractivity contribution in [2.24, 2.45) is 0 Å². The van der Waals surface area contributed by atoms with Crippen LogP contribution in [0.15, 0.2) is 24.4 Å². The Morgan fingerprint density at radius 3 is 2.59 bits per heavy atom. The molecular formula is C19H30N4O3S. The third-order valence-corrected chi connectivity index (χ3v) is 7.20. The topological polar surface area (TPSA) is 73.8 Å². The zero-order valence-electron chi connectivity index (χ0n) is 16.1. The van der Waals surface area contributed by atoms with Crippen molar-refractivity contribution < 1.29 is 13.2 Å². The van der Waals surface area contributed by atoms with E-state index in [1.165, 1.54) is 0 Å². The summed E-state index contributed by atoms with van der Waals surface area (Å²) in [5.74, 6) is 1.64. The first kappa shape index (κ1) is 20.1. The number of hydrogen-bond donors (Lipinski definition) is 0. The molecular weight excluding hydrogens is 364 g/mol. The van der Waals surface area contributed by atoms with Crippen LogP contribution in [0.3, 0.4) is 0 Å². The van der Waals surface area contributed by atoms with Crippen LogP contribution in [0, 0.1) is 0 Å². The lowest BCUT2D eigenvalue weighted by Crippen LogP contribution is -2.49. The van der Waals surface area contributed by atoms with Crippen LogP contribution in [-0.4, -0.2) is 85.9 Å². The summed E-state index contributed by atoms with van der Waals surface area (Å²) in [6.07, 6.45) is 3.91. The number of pyridine rings is 1. The highest BCUT2D eigenvalue weighted by molar-refractivity contribution is 7.91. The van der Waals surface area contributed by atoms with E-state index in [1.54, 1.807) is 6.20 Å². The van der Waals surface area contributed by atoms with Crippen LogP contribution in [0.1, 0.15) is 26.2 Å². The fraction of sp³-hybridized carbons (Fsp3) is 0.684. The molecule has 1 unspecified atom stereocenters. The molecule has 8 heteroatoms. The number of anilines is 1. The smallest absolute Gasteiger partial charge is 0.223 e. The summed E-state index contributed by atoms with van der Waals surface area (Å²) in [5, 5.41) is 0. The lowest BCUT2D eigenvalue weighted by molar-refractivity contribution is -0.131. The molecule has 0 aliphatic carbocycles. The average Bonchev–Trinajstić information content (AvgIpc) is 3.05. The maximum absolute atomic E-state index is 12.6. The number of piperazine rings is 1. The number of nitrogens with zero attached hydrogens (tertiary/aromatic N) is 4. The number of amides is 1. The highest BCUT2D eigenvalue weighted by Gasteiger charge is 2.32. The highest BCUT2D eigenvalue weighted by Crippen LogP contribution is 2.19. The zero-order valence-corrected chi connectivity index (χ0v) is 16.9. The zero-order chi connectivity index (χ0) is 19.3. The summed E-state index contributed by atoms with van der Waals surface area (Å²) in [6, 6.07) is 5.95. The molecule has 3 rings (SSSR count). The molecule has 1 amide bonds. The van der Waals surface area contributed by atoms with Crippen LogP contribution >= 0.6 is 0 Å². The second-order valence-electron chi connectivity index (χ2n) is 7.40. The van der Waals surface area contributed by atoms with E-state index in [9.17, 15) is 13.2 Å². The van der Waals surface area contributed by atoms with Crippen LogP contribution in [0.25, 0.3) is 0 Å².